The van der Waals surface area contributed by atoms with Crippen molar-refractivity contribution in [1.29, 1.82) is 0 Å². The fourth-order valence-electron chi connectivity index (χ4n) is 4.37. The molecule has 0 aliphatic carbocycles. The highest BCUT2D eigenvalue weighted by atomic mass is 16.5. The van der Waals surface area contributed by atoms with Crippen molar-refractivity contribution in [1.82, 2.24) is 0 Å². The van der Waals surface area contributed by atoms with Crippen LogP contribution in [0.4, 0.5) is 0 Å². The Morgan fingerprint density at radius 2 is 1.24 bits per heavy atom. The Morgan fingerprint density at radius 3 is 1.76 bits per heavy atom. The second kappa shape index (κ2) is 8.00. The average Bonchev–Trinajstić information content (AvgIpc) is 3.35. The molecule has 29 heavy (non-hydrogen) atoms. The van der Waals surface area contributed by atoms with Gasteiger partial charge in [-0.05, 0) is 35.4 Å². The maximum atomic E-state index is 9.87. The SMILES string of the molecule is COc1cc([C@H]2OC[C@H]3[C@@H]2CO[C@H]3c2cc(OC)c(OC)c(OC)c2)ccc1O. The molecule has 0 saturated carbocycles. The maximum absolute atomic E-state index is 9.87. The third-order valence-electron chi connectivity index (χ3n) is 5.81. The number of phenols is 1. The molecule has 2 heterocycles. The molecule has 2 saturated heterocycles. The molecule has 4 atom stereocenters. The van der Waals surface area contributed by atoms with Crippen LogP contribution in [0.1, 0.15) is 23.3 Å². The first-order valence-corrected chi connectivity index (χ1v) is 9.51. The predicted octanol–water partition coefficient (Wildman–Crippen LogP) is 3.50. The summed E-state index contributed by atoms with van der Waals surface area (Å²) < 4.78 is 34.0. The van der Waals surface area contributed by atoms with Gasteiger partial charge in [-0.1, -0.05) is 6.07 Å². The van der Waals surface area contributed by atoms with Gasteiger partial charge in [-0.3, -0.25) is 0 Å². The standard InChI is InChI=1S/C22H26O7/c1-24-17-7-12(5-6-16(17)23)20-14-10-29-21(15(14)11-28-20)13-8-18(25-2)22(27-4)19(9-13)26-3/h5-9,14-15,20-21,23H,10-11H2,1-4H3/t14-,15-,20+,21-/m0/s1. The minimum atomic E-state index is -0.127. The molecule has 2 fully saturated rings. The van der Waals surface area contributed by atoms with E-state index in [1.54, 1.807) is 27.4 Å². The number of aromatic hydroxyl groups is 1. The van der Waals surface area contributed by atoms with Crippen molar-refractivity contribution >= 4 is 0 Å². The van der Waals surface area contributed by atoms with Crippen molar-refractivity contribution in [3.63, 3.8) is 0 Å². The summed E-state index contributed by atoms with van der Waals surface area (Å²) in [4.78, 5) is 0. The number of hydrogen-bond donors (Lipinski definition) is 1. The molecule has 2 aliphatic rings. The topological polar surface area (TPSA) is 75.6 Å². The van der Waals surface area contributed by atoms with Crippen LogP contribution >= 0.6 is 0 Å². The molecule has 4 rings (SSSR count). The van der Waals surface area contributed by atoms with Crippen LogP contribution < -0.4 is 18.9 Å². The zero-order chi connectivity index (χ0) is 20.5. The Labute approximate surface area is 170 Å². The third-order valence-corrected chi connectivity index (χ3v) is 5.81. The van der Waals surface area contributed by atoms with Gasteiger partial charge in [0.1, 0.15) is 0 Å². The molecule has 0 spiro atoms. The lowest BCUT2D eigenvalue weighted by molar-refractivity contribution is 0.0191. The van der Waals surface area contributed by atoms with Crippen molar-refractivity contribution in [3.05, 3.63) is 41.5 Å². The monoisotopic (exact) mass is 402 g/mol. The van der Waals surface area contributed by atoms with Crippen molar-refractivity contribution in [2.45, 2.75) is 12.2 Å². The zero-order valence-electron chi connectivity index (χ0n) is 17.0. The third kappa shape index (κ3) is 3.34. The molecule has 2 aromatic rings. The van der Waals surface area contributed by atoms with E-state index in [2.05, 4.69) is 0 Å². The zero-order valence-corrected chi connectivity index (χ0v) is 17.0. The van der Waals surface area contributed by atoms with E-state index in [4.69, 9.17) is 28.4 Å². The smallest absolute Gasteiger partial charge is 0.203 e. The fourth-order valence-corrected chi connectivity index (χ4v) is 4.37. The van der Waals surface area contributed by atoms with Crippen LogP contribution in [0.3, 0.4) is 0 Å². The highest BCUT2D eigenvalue weighted by Gasteiger charge is 2.48. The van der Waals surface area contributed by atoms with Gasteiger partial charge < -0.3 is 33.5 Å². The van der Waals surface area contributed by atoms with E-state index < -0.39 is 0 Å². The van der Waals surface area contributed by atoms with E-state index >= 15 is 0 Å². The lowest BCUT2D eigenvalue weighted by Crippen LogP contribution is -2.15. The Kier molecular flexibility index (Phi) is 5.43. The summed E-state index contributed by atoms with van der Waals surface area (Å²) in [5, 5.41) is 9.87. The van der Waals surface area contributed by atoms with E-state index in [1.165, 1.54) is 7.11 Å². The number of hydrogen-bond acceptors (Lipinski definition) is 7. The fraction of sp³-hybridized carbons (Fsp3) is 0.455. The average molecular weight is 402 g/mol. The Bertz CT molecular complexity index is 856. The summed E-state index contributed by atoms with van der Waals surface area (Å²) in [7, 11) is 6.33. The number of methoxy groups -OCH3 is 4. The van der Waals surface area contributed by atoms with Gasteiger partial charge in [0.2, 0.25) is 5.75 Å². The van der Waals surface area contributed by atoms with Crippen LogP contribution in [0.15, 0.2) is 30.3 Å². The minimum absolute atomic E-state index is 0.110. The van der Waals surface area contributed by atoms with Crippen molar-refractivity contribution in [2.24, 2.45) is 11.8 Å². The molecular formula is C22H26O7. The van der Waals surface area contributed by atoms with Gasteiger partial charge in [0.25, 0.3) is 0 Å². The summed E-state index contributed by atoms with van der Waals surface area (Å²) >= 11 is 0. The number of fused-ring (bicyclic) bond motifs is 1. The Morgan fingerprint density at radius 1 is 0.724 bits per heavy atom. The minimum Gasteiger partial charge on any atom is -0.504 e. The molecule has 7 heteroatoms. The van der Waals surface area contributed by atoms with Crippen LogP contribution in [0.25, 0.3) is 0 Å². The summed E-state index contributed by atoms with van der Waals surface area (Å²) in [5.41, 5.74) is 1.95. The number of benzene rings is 2. The summed E-state index contributed by atoms with van der Waals surface area (Å²) in [5.74, 6) is 2.72. The molecule has 0 radical (unpaired) electrons. The number of phenolic OH excluding ortho intramolecular Hbond substituents is 1. The summed E-state index contributed by atoms with van der Waals surface area (Å²) in [6, 6.07) is 9.21. The van der Waals surface area contributed by atoms with Gasteiger partial charge in [-0.25, -0.2) is 0 Å². The molecule has 0 bridgehead atoms. The van der Waals surface area contributed by atoms with Crippen LogP contribution in [0.2, 0.25) is 0 Å². The molecule has 2 aromatic carbocycles. The summed E-state index contributed by atoms with van der Waals surface area (Å²) in [6.07, 6.45) is -0.237. The Hall–Kier alpha value is -2.64. The molecule has 156 valence electrons. The molecule has 0 unspecified atom stereocenters. The molecule has 0 aromatic heterocycles. The Balaban J connectivity index is 1.61. The van der Waals surface area contributed by atoms with E-state index in [0.29, 0.717) is 36.2 Å². The van der Waals surface area contributed by atoms with Gasteiger partial charge in [-0.15, -0.1) is 0 Å². The first-order chi connectivity index (χ1) is 14.1. The quantitative estimate of drug-likeness (QED) is 0.792. The van der Waals surface area contributed by atoms with Crippen LogP contribution in [0, 0.1) is 11.8 Å². The molecular weight excluding hydrogens is 376 g/mol. The van der Waals surface area contributed by atoms with E-state index in [1.807, 2.05) is 24.3 Å². The van der Waals surface area contributed by atoms with Gasteiger partial charge in [-0.2, -0.15) is 0 Å². The maximum Gasteiger partial charge on any atom is 0.203 e. The highest BCUT2D eigenvalue weighted by Crippen LogP contribution is 2.52. The van der Waals surface area contributed by atoms with E-state index in [9.17, 15) is 5.11 Å². The van der Waals surface area contributed by atoms with Gasteiger partial charge in [0.05, 0.1) is 53.9 Å². The van der Waals surface area contributed by atoms with Gasteiger partial charge >= 0.3 is 0 Å². The molecule has 0 amide bonds. The molecule has 2 aliphatic heterocycles. The largest absolute Gasteiger partial charge is 0.504 e. The van der Waals surface area contributed by atoms with Crippen molar-refractivity contribution < 1.29 is 33.5 Å². The first kappa shape index (κ1) is 19.7. The van der Waals surface area contributed by atoms with Gasteiger partial charge in [0, 0.05) is 11.8 Å². The van der Waals surface area contributed by atoms with Crippen molar-refractivity contribution in [3.8, 4) is 28.7 Å². The predicted molar refractivity (Wildman–Crippen MR) is 105 cm³/mol. The van der Waals surface area contributed by atoms with Crippen LogP contribution in [-0.4, -0.2) is 46.8 Å². The lowest BCUT2D eigenvalue weighted by Gasteiger charge is -2.20. The second-order valence-electron chi connectivity index (χ2n) is 7.23. The molecule has 1 N–H and O–H groups in total. The highest BCUT2D eigenvalue weighted by molar-refractivity contribution is 5.54. The van der Waals surface area contributed by atoms with Crippen LogP contribution in [-0.2, 0) is 9.47 Å². The number of ether oxygens (including phenoxy) is 6. The summed E-state index contributed by atoms with van der Waals surface area (Å²) in [6.45, 7) is 1.17. The van der Waals surface area contributed by atoms with Gasteiger partial charge in [0.15, 0.2) is 23.0 Å². The van der Waals surface area contributed by atoms with Crippen LogP contribution in [0.5, 0.6) is 28.7 Å². The van der Waals surface area contributed by atoms with E-state index in [-0.39, 0.29) is 29.8 Å². The number of rotatable bonds is 6. The molecule has 7 nitrogen and oxygen atoms in total. The van der Waals surface area contributed by atoms with Crippen molar-refractivity contribution in [2.75, 3.05) is 41.7 Å². The first-order valence-electron chi connectivity index (χ1n) is 9.51. The van der Waals surface area contributed by atoms with E-state index in [0.717, 1.165) is 11.1 Å². The lowest BCUT2D eigenvalue weighted by atomic mass is 9.84. The normalized spacial score (nSPS) is 25.5. The second-order valence-corrected chi connectivity index (χ2v) is 7.23.